The van der Waals surface area contributed by atoms with E-state index in [1.807, 2.05) is 0 Å². The minimum absolute atomic E-state index is 0.0660. The Labute approximate surface area is 121 Å². The summed E-state index contributed by atoms with van der Waals surface area (Å²) in [5.41, 5.74) is 0.785. The number of ether oxygens (including phenoxy) is 3. The van der Waals surface area contributed by atoms with E-state index < -0.39 is 24.1 Å². The Balaban J connectivity index is 1.79. The normalized spacial score (nSPS) is 17.9. The largest absolute Gasteiger partial charge is 0.497 e. The number of benzene rings is 1. The molecule has 0 radical (unpaired) electrons. The third kappa shape index (κ3) is 4.20. The van der Waals surface area contributed by atoms with Gasteiger partial charge in [0.1, 0.15) is 18.4 Å². The third-order valence-electron chi connectivity index (χ3n) is 2.96. The van der Waals surface area contributed by atoms with Crippen LogP contribution in [0.4, 0.5) is 4.79 Å². The maximum atomic E-state index is 11.6. The van der Waals surface area contributed by atoms with E-state index in [4.69, 9.17) is 9.47 Å². The van der Waals surface area contributed by atoms with Crippen molar-refractivity contribution in [2.45, 2.75) is 25.5 Å². The Morgan fingerprint density at radius 1 is 1.33 bits per heavy atom. The zero-order chi connectivity index (χ0) is 15.2. The van der Waals surface area contributed by atoms with Gasteiger partial charge in [0.05, 0.1) is 7.11 Å². The molecule has 1 aliphatic heterocycles. The highest BCUT2D eigenvalue weighted by Gasteiger charge is 2.30. The lowest BCUT2D eigenvalue weighted by atomic mass is 10.1. The van der Waals surface area contributed by atoms with E-state index in [9.17, 15) is 14.4 Å². The molecule has 1 N–H and O–H groups in total. The van der Waals surface area contributed by atoms with Crippen molar-refractivity contribution in [2.24, 2.45) is 0 Å². The summed E-state index contributed by atoms with van der Waals surface area (Å²) in [7, 11) is 1.56. The van der Waals surface area contributed by atoms with Crippen LogP contribution >= 0.6 is 0 Å². The van der Waals surface area contributed by atoms with Crippen LogP contribution in [0.15, 0.2) is 24.3 Å². The molecule has 1 aliphatic rings. The van der Waals surface area contributed by atoms with Crippen LogP contribution < -0.4 is 10.1 Å². The molecule has 21 heavy (non-hydrogen) atoms. The number of carbonyl (C=O) groups excluding carboxylic acids is 3. The van der Waals surface area contributed by atoms with E-state index in [0.29, 0.717) is 5.75 Å². The Morgan fingerprint density at radius 2 is 2.05 bits per heavy atom. The first-order valence-electron chi connectivity index (χ1n) is 6.39. The molecule has 112 valence electrons. The molecule has 1 heterocycles. The molecule has 1 atom stereocenters. The molecule has 0 spiro atoms. The molecule has 0 saturated carbocycles. The number of hydrogen-bond donors (Lipinski definition) is 1. The van der Waals surface area contributed by atoms with Crippen molar-refractivity contribution in [3.63, 3.8) is 0 Å². The van der Waals surface area contributed by atoms with Gasteiger partial charge in [-0.2, -0.15) is 0 Å². The summed E-state index contributed by atoms with van der Waals surface area (Å²) in [6, 6.07) is 6.19. The molecule has 1 fully saturated rings. The van der Waals surface area contributed by atoms with Gasteiger partial charge in [0, 0.05) is 6.42 Å². The maximum absolute atomic E-state index is 11.6. The molecule has 7 heteroatoms. The number of nitrogens with one attached hydrogen (secondary N) is 1. The van der Waals surface area contributed by atoms with Crippen molar-refractivity contribution in [3.05, 3.63) is 29.8 Å². The van der Waals surface area contributed by atoms with Crippen LogP contribution in [0.5, 0.6) is 5.75 Å². The summed E-state index contributed by atoms with van der Waals surface area (Å²) in [5.74, 6) is -0.630. The summed E-state index contributed by atoms with van der Waals surface area (Å²) in [6.45, 7) is 0.0660. The van der Waals surface area contributed by atoms with E-state index in [1.165, 1.54) is 0 Å². The monoisotopic (exact) mass is 293 g/mol. The number of methoxy groups -OCH3 is 1. The third-order valence-corrected chi connectivity index (χ3v) is 2.96. The summed E-state index contributed by atoms with van der Waals surface area (Å²) in [4.78, 5) is 33.8. The highest BCUT2D eigenvalue weighted by atomic mass is 16.6. The summed E-state index contributed by atoms with van der Waals surface area (Å²) < 4.78 is 14.4. The first kappa shape index (κ1) is 14.8. The molecule has 0 bridgehead atoms. The fraction of sp³-hybridized carbons (Fsp3) is 0.357. The molecule has 0 aliphatic carbocycles. The molecule has 2 rings (SSSR count). The van der Waals surface area contributed by atoms with Gasteiger partial charge in [-0.1, -0.05) is 12.1 Å². The minimum atomic E-state index is -0.842. The van der Waals surface area contributed by atoms with Gasteiger partial charge in [-0.25, -0.2) is 9.59 Å². The first-order chi connectivity index (χ1) is 10.1. The van der Waals surface area contributed by atoms with Gasteiger partial charge in [-0.3, -0.25) is 4.79 Å². The van der Waals surface area contributed by atoms with Crippen molar-refractivity contribution in [2.75, 3.05) is 7.11 Å². The van der Waals surface area contributed by atoms with E-state index >= 15 is 0 Å². The Morgan fingerprint density at radius 3 is 2.67 bits per heavy atom. The van der Waals surface area contributed by atoms with Gasteiger partial charge >= 0.3 is 18.0 Å². The Kier molecular flexibility index (Phi) is 4.76. The zero-order valence-corrected chi connectivity index (χ0v) is 11.5. The second-order valence-electron chi connectivity index (χ2n) is 4.45. The van der Waals surface area contributed by atoms with Crippen molar-refractivity contribution in [3.8, 4) is 5.75 Å². The van der Waals surface area contributed by atoms with Gasteiger partial charge in [0.15, 0.2) is 0 Å². The number of alkyl carbamates (subject to hydrolysis) is 1. The van der Waals surface area contributed by atoms with Crippen molar-refractivity contribution < 1.29 is 28.6 Å². The predicted molar refractivity (Wildman–Crippen MR) is 70.4 cm³/mol. The molecule has 7 nitrogen and oxygen atoms in total. The van der Waals surface area contributed by atoms with Crippen LogP contribution in [0, 0.1) is 0 Å². The molecule has 0 unspecified atom stereocenters. The van der Waals surface area contributed by atoms with Gasteiger partial charge < -0.3 is 19.5 Å². The lowest BCUT2D eigenvalue weighted by molar-refractivity contribution is -0.165. The number of rotatable bonds is 4. The number of hydrogen-bond acceptors (Lipinski definition) is 6. The molecule has 1 amide bonds. The number of carbonyl (C=O) groups is 3. The van der Waals surface area contributed by atoms with E-state index in [-0.39, 0.29) is 19.4 Å². The van der Waals surface area contributed by atoms with Crippen molar-refractivity contribution in [1.82, 2.24) is 5.32 Å². The van der Waals surface area contributed by atoms with E-state index in [1.54, 1.807) is 31.4 Å². The topological polar surface area (TPSA) is 90.9 Å². The SMILES string of the molecule is COc1ccc(COC(=O)N[C@H]2CCC(=O)OC2=O)cc1. The van der Waals surface area contributed by atoms with Crippen molar-refractivity contribution >= 4 is 18.0 Å². The van der Waals surface area contributed by atoms with Crippen LogP contribution in [-0.4, -0.2) is 31.2 Å². The Hall–Kier alpha value is -2.57. The predicted octanol–water partition coefficient (Wildman–Crippen LogP) is 1.15. The zero-order valence-electron chi connectivity index (χ0n) is 11.5. The smallest absolute Gasteiger partial charge is 0.408 e. The molecular weight excluding hydrogens is 278 g/mol. The fourth-order valence-corrected chi connectivity index (χ4v) is 1.80. The van der Waals surface area contributed by atoms with Crippen molar-refractivity contribution in [1.29, 1.82) is 0 Å². The highest BCUT2D eigenvalue weighted by molar-refractivity contribution is 5.92. The van der Waals surface area contributed by atoms with Crippen LogP contribution in [-0.2, 0) is 25.7 Å². The lowest BCUT2D eigenvalue weighted by Gasteiger charge is -2.20. The lowest BCUT2D eigenvalue weighted by Crippen LogP contribution is -2.45. The molecule has 0 aromatic heterocycles. The molecule has 1 aromatic carbocycles. The van der Waals surface area contributed by atoms with Gasteiger partial charge in [0.2, 0.25) is 0 Å². The fourth-order valence-electron chi connectivity index (χ4n) is 1.80. The molecular formula is C14H15NO6. The second-order valence-corrected chi connectivity index (χ2v) is 4.45. The Bertz CT molecular complexity index is 539. The summed E-state index contributed by atoms with van der Waals surface area (Å²) in [6.07, 6.45) is -0.424. The van der Waals surface area contributed by atoms with E-state index in [0.717, 1.165) is 5.56 Å². The quantitative estimate of drug-likeness (QED) is 0.661. The summed E-state index contributed by atoms with van der Waals surface area (Å²) >= 11 is 0. The second kappa shape index (κ2) is 6.74. The number of amides is 1. The number of cyclic esters (lactones) is 2. The average molecular weight is 293 g/mol. The average Bonchev–Trinajstić information content (AvgIpc) is 2.48. The van der Waals surface area contributed by atoms with Crippen LogP contribution in [0.25, 0.3) is 0 Å². The molecule has 1 saturated heterocycles. The van der Waals surface area contributed by atoms with Gasteiger partial charge in [0.25, 0.3) is 0 Å². The maximum Gasteiger partial charge on any atom is 0.408 e. The summed E-state index contributed by atoms with van der Waals surface area (Å²) in [5, 5.41) is 2.37. The van der Waals surface area contributed by atoms with Gasteiger partial charge in [-0.05, 0) is 24.1 Å². The minimum Gasteiger partial charge on any atom is -0.497 e. The van der Waals surface area contributed by atoms with Crippen LogP contribution in [0.2, 0.25) is 0 Å². The van der Waals surface area contributed by atoms with Crippen LogP contribution in [0.1, 0.15) is 18.4 Å². The highest BCUT2D eigenvalue weighted by Crippen LogP contribution is 2.12. The standard InChI is InChI=1S/C14H15NO6/c1-19-10-4-2-9(3-5-10)8-20-14(18)15-11-6-7-12(16)21-13(11)17/h2-5,11H,6-8H2,1H3,(H,15,18)/t11-/m0/s1. The first-order valence-corrected chi connectivity index (χ1v) is 6.39. The van der Waals surface area contributed by atoms with E-state index in [2.05, 4.69) is 10.1 Å². The van der Waals surface area contributed by atoms with Gasteiger partial charge in [-0.15, -0.1) is 0 Å². The van der Waals surface area contributed by atoms with Crippen LogP contribution in [0.3, 0.4) is 0 Å². The number of esters is 2. The molecule has 1 aromatic rings.